The average molecular weight is 448 g/mol. The molecule has 8 heteroatoms. The molecular weight excluding hydrogens is 418 g/mol. The number of carbonyl (C=O) groups excluding carboxylic acids is 1. The average Bonchev–Trinajstić information content (AvgIpc) is 3.43. The van der Waals surface area contributed by atoms with Gasteiger partial charge in [0.1, 0.15) is 23.4 Å². The monoisotopic (exact) mass is 447 g/mol. The molecule has 2 aromatic carbocycles. The van der Waals surface area contributed by atoms with Crippen molar-refractivity contribution in [2.45, 2.75) is 39.8 Å². The van der Waals surface area contributed by atoms with E-state index in [2.05, 4.69) is 28.4 Å². The Labute approximate surface area is 193 Å². The van der Waals surface area contributed by atoms with Gasteiger partial charge in [-0.15, -0.1) is 0 Å². The van der Waals surface area contributed by atoms with Crippen LogP contribution in [0.3, 0.4) is 0 Å². The van der Waals surface area contributed by atoms with Gasteiger partial charge in [0, 0.05) is 36.0 Å². The molecule has 0 unspecified atom stereocenters. The lowest BCUT2D eigenvalue weighted by atomic mass is 10.1. The topological polar surface area (TPSA) is 83.2 Å². The first-order valence-electron chi connectivity index (χ1n) is 10.8. The molecule has 0 aliphatic heterocycles. The van der Waals surface area contributed by atoms with Crippen molar-refractivity contribution in [1.29, 1.82) is 0 Å². The second-order valence-corrected chi connectivity index (χ2v) is 8.83. The summed E-state index contributed by atoms with van der Waals surface area (Å²) < 4.78 is 15.0. The van der Waals surface area contributed by atoms with E-state index in [1.54, 1.807) is 20.5 Å². The fourth-order valence-electron chi connectivity index (χ4n) is 3.75. The first-order chi connectivity index (χ1) is 15.7. The number of ether oxygens (including phenoxy) is 2. The number of hydrogen-bond donors (Lipinski definition) is 1. The number of benzene rings is 2. The summed E-state index contributed by atoms with van der Waals surface area (Å²) in [6, 6.07) is 9.76. The van der Waals surface area contributed by atoms with Gasteiger partial charge < -0.3 is 14.8 Å². The second kappa shape index (κ2) is 8.61. The highest BCUT2D eigenvalue weighted by Crippen LogP contribution is 2.34. The lowest BCUT2D eigenvalue weighted by molar-refractivity contribution is 0.0913. The van der Waals surface area contributed by atoms with E-state index in [0.29, 0.717) is 17.1 Å². The standard InChI is InChI=1S/C25H29N5O3/c1-7-29-14-17(13-27-29)16-8-9-20-19(10-16)26-15-30(20)18-11-21(32-5)23(22(12-18)33-6)24(31)28-25(2,3)4/h8-15H,7H2,1-6H3,(H,28,31). The van der Waals surface area contributed by atoms with Gasteiger partial charge >= 0.3 is 0 Å². The molecule has 0 bridgehead atoms. The maximum atomic E-state index is 12.9. The first kappa shape index (κ1) is 22.4. The highest BCUT2D eigenvalue weighted by molar-refractivity contribution is 6.00. The van der Waals surface area contributed by atoms with Crippen LogP contribution in [0.25, 0.3) is 27.8 Å². The van der Waals surface area contributed by atoms with Gasteiger partial charge in [0.2, 0.25) is 0 Å². The summed E-state index contributed by atoms with van der Waals surface area (Å²) in [5.74, 6) is 0.601. The minimum Gasteiger partial charge on any atom is -0.496 e. The number of nitrogens with one attached hydrogen (secondary N) is 1. The van der Waals surface area contributed by atoms with Crippen LogP contribution in [0.15, 0.2) is 49.1 Å². The summed E-state index contributed by atoms with van der Waals surface area (Å²) >= 11 is 0. The van der Waals surface area contributed by atoms with E-state index in [9.17, 15) is 4.79 Å². The van der Waals surface area contributed by atoms with Gasteiger partial charge in [-0.1, -0.05) is 6.07 Å². The number of methoxy groups -OCH3 is 2. The summed E-state index contributed by atoms with van der Waals surface area (Å²) in [5, 5.41) is 7.33. The molecule has 0 saturated carbocycles. The van der Waals surface area contributed by atoms with E-state index in [1.807, 2.05) is 66.7 Å². The molecule has 1 N–H and O–H groups in total. The van der Waals surface area contributed by atoms with E-state index in [1.165, 1.54) is 0 Å². The molecule has 4 aromatic rings. The smallest absolute Gasteiger partial charge is 0.259 e. The Kier molecular flexibility index (Phi) is 5.84. The summed E-state index contributed by atoms with van der Waals surface area (Å²) in [6.07, 6.45) is 5.64. The largest absolute Gasteiger partial charge is 0.496 e. The number of rotatable bonds is 6. The highest BCUT2D eigenvalue weighted by Gasteiger charge is 2.24. The summed E-state index contributed by atoms with van der Waals surface area (Å²) in [5.41, 5.74) is 4.63. The zero-order valence-corrected chi connectivity index (χ0v) is 19.8. The first-order valence-corrected chi connectivity index (χ1v) is 10.8. The predicted molar refractivity (Wildman–Crippen MR) is 128 cm³/mol. The lowest BCUT2D eigenvalue weighted by Gasteiger charge is -2.22. The molecule has 1 amide bonds. The summed E-state index contributed by atoms with van der Waals surface area (Å²) in [4.78, 5) is 17.5. The van der Waals surface area contributed by atoms with Crippen LogP contribution in [-0.2, 0) is 6.54 Å². The molecule has 33 heavy (non-hydrogen) atoms. The molecule has 2 heterocycles. The fourth-order valence-corrected chi connectivity index (χ4v) is 3.75. The van der Waals surface area contributed by atoms with Crippen molar-refractivity contribution < 1.29 is 14.3 Å². The number of nitrogens with zero attached hydrogens (tertiary/aromatic N) is 4. The Morgan fingerprint density at radius 1 is 1.06 bits per heavy atom. The number of hydrogen-bond acceptors (Lipinski definition) is 5. The van der Waals surface area contributed by atoms with Crippen molar-refractivity contribution in [3.63, 3.8) is 0 Å². The number of fused-ring (bicyclic) bond motifs is 1. The van der Waals surface area contributed by atoms with E-state index in [-0.39, 0.29) is 5.91 Å². The van der Waals surface area contributed by atoms with Crippen LogP contribution in [-0.4, -0.2) is 45.0 Å². The minimum absolute atomic E-state index is 0.254. The molecule has 2 aromatic heterocycles. The van der Waals surface area contributed by atoms with Crippen molar-refractivity contribution in [3.8, 4) is 28.3 Å². The van der Waals surface area contributed by atoms with Crippen molar-refractivity contribution in [2.75, 3.05) is 14.2 Å². The molecule has 4 rings (SSSR count). The van der Waals surface area contributed by atoms with Crippen LogP contribution in [0.4, 0.5) is 0 Å². The third-order valence-electron chi connectivity index (χ3n) is 5.32. The van der Waals surface area contributed by atoms with Crippen molar-refractivity contribution in [2.24, 2.45) is 0 Å². The van der Waals surface area contributed by atoms with Crippen LogP contribution in [0.1, 0.15) is 38.1 Å². The number of imidazole rings is 1. The Morgan fingerprint density at radius 3 is 2.33 bits per heavy atom. The molecular formula is C25H29N5O3. The number of carbonyl (C=O) groups is 1. The van der Waals surface area contributed by atoms with Crippen LogP contribution >= 0.6 is 0 Å². The zero-order chi connectivity index (χ0) is 23.8. The van der Waals surface area contributed by atoms with Gasteiger partial charge in [0.15, 0.2) is 0 Å². The van der Waals surface area contributed by atoms with Gasteiger partial charge in [-0.3, -0.25) is 14.0 Å². The third kappa shape index (κ3) is 4.41. The number of aromatic nitrogens is 4. The molecule has 0 spiro atoms. The van der Waals surface area contributed by atoms with Gasteiger partial charge in [-0.2, -0.15) is 5.10 Å². The fraction of sp³-hybridized carbons (Fsp3) is 0.320. The van der Waals surface area contributed by atoms with Crippen molar-refractivity contribution in [1.82, 2.24) is 24.6 Å². The Bertz CT molecular complexity index is 1290. The van der Waals surface area contributed by atoms with Crippen molar-refractivity contribution >= 4 is 16.9 Å². The second-order valence-electron chi connectivity index (χ2n) is 8.83. The summed E-state index contributed by atoms with van der Waals surface area (Å²) in [6.45, 7) is 8.67. The van der Waals surface area contributed by atoms with E-state index in [0.717, 1.165) is 34.4 Å². The van der Waals surface area contributed by atoms with Crippen molar-refractivity contribution in [3.05, 3.63) is 54.6 Å². The Balaban J connectivity index is 1.77. The minimum atomic E-state index is -0.391. The van der Waals surface area contributed by atoms with E-state index >= 15 is 0 Å². The molecule has 0 aliphatic rings. The van der Waals surface area contributed by atoms with Gasteiger partial charge in [-0.05, 0) is 45.4 Å². The van der Waals surface area contributed by atoms with Gasteiger partial charge in [0.05, 0.1) is 37.1 Å². The Hall–Kier alpha value is -3.81. The number of aryl methyl sites for hydroxylation is 1. The number of amides is 1. The quantitative estimate of drug-likeness (QED) is 0.472. The van der Waals surface area contributed by atoms with Crippen LogP contribution < -0.4 is 14.8 Å². The normalized spacial score (nSPS) is 11.6. The van der Waals surface area contributed by atoms with Crippen LogP contribution in [0.2, 0.25) is 0 Å². The molecule has 8 nitrogen and oxygen atoms in total. The van der Waals surface area contributed by atoms with Crippen LogP contribution in [0.5, 0.6) is 11.5 Å². The molecule has 0 atom stereocenters. The van der Waals surface area contributed by atoms with E-state index in [4.69, 9.17) is 9.47 Å². The molecule has 0 fully saturated rings. The molecule has 0 radical (unpaired) electrons. The molecule has 172 valence electrons. The third-order valence-corrected chi connectivity index (χ3v) is 5.32. The Morgan fingerprint density at radius 2 is 1.76 bits per heavy atom. The molecule has 0 saturated heterocycles. The maximum Gasteiger partial charge on any atom is 0.259 e. The summed E-state index contributed by atoms with van der Waals surface area (Å²) in [7, 11) is 3.09. The predicted octanol–water partition coefficient (Wildman–Crippen LogP) is 4.45. The van der Waals surface area contributed by atoms with E-state index < -0.39 is 5.54 Å². The molecule has 0 aliphatic carbocycles. The zero-order valence-electron chi connectivity index (χ0n) is 19.8. The maximum absolute atomic E-state index is 12.9. The van der Waals surface area contributed by atoms with Crippen LogP contribution in [0, 0.1) is 0 Å². The van der Waals surface area contributed by atoms with Gasteiger partial charge in [0.25, 0.3) is 5.91 Å². The SMILES string of the molecule is CCn1cc(-c2ccc3c(c2)ncn3-c2cc(OC)c(C(=O)NC(C)(C)C)c(OC)c2)cn1. The highest BCUT2D eigenvalue weighted by atomic mass is 16.5. The van der Waals surface area contributed by atoms with Gasteiger partial charge in [-0.25, -0.2) is 4.98 Å². The lowest BCUT2D eigenvalue weighted by Crippen LogP contribution is -2.40.